The number of rotatable bonds is 1. The lowest BCUT2D eigenvalue weighted by Crippen LogP contribution is -2.51. The molecule has 4 aliphatic rings. The molecule has 0 aromatic carbocycles. The molecular formula is C20H29N. The van der Waals surface area contributed by atoms with Crippen LogP contribution < -0.4 is 0 Å². The van der Waals surface area contributed by atoms with Gasteiger partial charge in [-0.1, -0.05) is 25.5 Å². The summed E-state index contributed by atoms with van der Waals surface area (Å²) in [6.07, 6.45) is 18.2. The molecule has 1 heteroatoms. The standard InChI is InChI=1S/C20H29N/c1-19-10-3-2-5-15(19)7-8-16-17(19)9-12-20(13-14-21)11-4-6-18(16)20/h2-3,15-18H,4-13H2,1H3/t15?,16-,17+,18+,19+,20+/m1/s1. The van der Waals surface area contributed by atoms with Crippen molar-refractivity contribution in [1.29, 1.82) is 5.26 Å². The Hall–Kier alpha value is -0.770. The Kier molecular flexibility index (Phi) is 3.21. The fourth-order valence-corrected chi connectivity index (χ4v) is 7.10. The van der Waals surface area contributed by atoms with Crippen LogP contribution in [0.15, 0.2) is 12.2 Å². The van der Waals surface area contributed by atoms with Crippen LogP contribution in [0.4, 0.5) is 0 Å². The topological polar surface area (TPSA) is 23.8 Å². The highest BCUT2D eigenvalue weighted by molar-refractivity contribution is 5.12. The van der Waals surface area contributed by atoms with Gasteiger partial charge in [-0.3, -0.25) is 0 Å². The zero-order valence-electron chi connectivity index (χ0n) is 13.5. The molecule has 1 nitrogen and oxygen atoms in total. The summed E-state index contributed by atoms with van der Waals surface area (Å²) < 4.78 is 0. The van der Waals surface area contributed by atoms with Gasteiger partial charge in [-0.15, -0.1) is 0 Å². The summed E-state index contributed by atoms with van der Waals surface area (Å²) in [7, 11) is 0. The van der Waals surface area contributed by atoms with E-state index in [1.807, 2.05) is 0 Å². The van der Waals surface area contributed by atoms with Gasteiger partial charge in [0.2, 0.25) is 0 Å². The van der Waals surface area contributed by atoms with E-state index in [4.69, 9.17) is 0 Å². The maximum absolute atomic E-state index is 9.34. The molecule has 0 spiro atoms. The summed E-state index contributed by atoms with van der Waals surface area (Å²) >= 11 is 0. The van der Waals surface area contributed by atoms with Crippen LogP contribution in [0.1, 0.15) is 71.1 Å². The molecule has 0 N–H and O–H groups in total. The van der Waals surface area contributed by atoms with E-state index in [1.54, 1.807) is 0 Å². The van der Waals surface area contributed by atoms with Crippen LogP contribution in [0.2, 0.25) is 0 Å². The number of nitrogens with zero attached hydrogens (tertiary/aromatic N) is 1. The monoisotopic (exact) mass is 283 g/mol. The van der Waals surface area contributed by atoms with Gasteiger partial charge in [-0.25, -0.2) is 0 Å². The number of fused-ring (bicyclic) bond motifs is 5. The van der Waals surface area contributed by atoms with Crippen molar-refractivity contribution in [2.45, 2.75) is 71.1 Å². The molecule has 21 heavy (non-hydrogen) atoms. The van der Waals surface area contributed by atoms with Crippen LogP contribution in [0.25, 0.3) is 0 Å². The molecule has 4 rings (SSSR count). The highest BCUT2D eigenvalue weighted by atomic mass is 14.6. The highest BCUT2D eigenvalue weighted by Gasteiger charge is 2.57. The fraction of sp³-hybridized carbons (Fsp3) is 0.850. The Bertz CT molecular complexity index is 487. The molecule has 0 saturated heterocycles. The molecule has 0 bridgehead atoms. The van der Waals surface area contributed by atoms with Gasteiger partial charge in [0, 0.05) is 6.42 Å². The van der Waals surface area contributed by atoms with E-state index in [-0.39, 0.29) is 0 Å². The molecule has 0 amide bonds. The quantitative estimate of drug-likeness (QED) is 0.585. The molecule has 3 saturated carbocycles. The summed E-state index contributed by atoms with van der Waals surface area (Å²) in [5, 5.41) is 9.34. The van der Waals surface area contributed by atoms with Crippen molar-refractivity contribution in [3.8, 4) is 6.07 Å². The molecule has 6 atom stereocenters. The van der Waals surface area contributed by atoms with Crippen LogP contribution in [-0.4, -0.2) is 0 Å². The summed E-state index contributed by atoms with van der Waals surface area (Å²) in [5.74, 6) is 3.69. The summed E-state index contributed by atoms with van der Waals surface area (Å²) in [5.41, 5.74) is 0.989. The van der Waals surface area contributed by atoms with Crippen molar-refractivity contribution in [2.24, 2.45) is 34.5 Å². The molecule has 1 unspecified atom stereocenters. The van der Waals surface area contributed by atoms with Gasteiger partial charge < -0.3 is 0 Å². The van der Waals surface area contributed by atoms with E-state index in [1.165, 1.54) is 57.8 Å². The molecule has 0 aromatic heterocycles. The molecule has 0 radical (unpaired) electrons. The molecular weight excluding hydrogens is 254 g/mol. The second-order valence-corrected chi connectivity index (χ2v) is 8.70. The largest absolute Gasteiger partial charge is 0.198 e. The van der Waals surface area contributed by atoms with Crippen molar-refractivity contribution >= 4 is 0 Å². The number of hydrogen-bond donors (Lipinski definition) is 0. The Morgan fingerprint density at radius 1 is 1.10 bits per heavy atom. The highest BCUT2D eigenvalue weighted by Crippen LogP contribution is 2.66. The first kappa shape index (κ1) is 13.9. The molecule has 4 aliphatic carbocycles. The van der Waals surface area contributed by atoms with Crippen LogP contribution in [-0.2, 0) is 0 Å². The minimum Gasteiger partial charge on any atom is -0.198 e. The smallest absolute Gasteiger partial charge is 0.0627 e. The first-order valence-electron chi connectivity index (χ1n) is 9.22. The number of hydrogen-bond acceptors (Lipinski definition) is 1. The van der Waals surface area contributed by atoms with Crippen LogP contribution in [0, 0.1) is 45.8 Å². The zero-order chi connectivity index (χ0) is 14.5. The Balaban J connectivity index is 1.65. The molecule has 3 fully saturated rings. The Morgan fingerprint density at radius 2 is 2.00 bits per heavy atom. The second kappa shape index (κ2) is 4.87. The molecule has 0 heterocycles. The van der Waals surface area contributed by atoms with Crippen molar-refractivity contribution < 1.29 is 0 Å². The van der Waals surface area contributed by atoms with Crippen molar-refractivity contribution in [3.05, 3.63) is 12.2 Å². The van der Waals surface area contributed by atoms with Gasteiger partial charge in [-0.2, -0.15) is 5.26 Å². The minimum absolute atomic E-state index is 0.420. The summed E-state index contributed by atoms with van der Waals surface area (Å²) in [4.78, 5) is 0. The summed E-state index contributed by atoms with van der Waals surface area (Å²) in [6.45, 7) is 2.60. The van der Waals surface area contributed by atoms with Gasteiger partial charge in [0.25, 0.3) is 0 Å². The molecule has 114 valence electrons. The Morgan fingerprint density at radius 3 is 2.86 bits per heavy atom. The minimum atomic E-state index is 0.420. The first-order chi connectivity index (χ1) is 10.2. The van der Waals surface area contributed by atoms with E-state index in [0.717, 1.165) is 30.1 Å². The average molecular weight is 283 g/mol. The van der Waals surface area contributed by atoms with E-state index in [9.17, 15) is 5.26 Å². The van der Waals surface area contributed by atoms with Crippen LogP contribution >= 0.6 is 0 Å². The molecule has 0 aromatic rings. The van der Waals surface area contributed by atoms with E-state index in [0.29, 0.717) is 10.8 Å². The van der Waals surface area contributed by atoms with Gasteiger partial charge >= 0.3 is 0 Å². The second-order valence-electron chi connectivity index (χ2n) is 8.70. The Labute approximate surface area is 129 Å². The predicted molar refractivity (Wildman–Crippen MR) is 85.4 cm³/mol. The first-order valence-corrected chi connectivity index (χ1v) is 9.22. The zero-order valence-corrected chi connectivity index (χ0v) is 13.5. The predicted octanol–water partition coefficient (Wildman–Crippen LogP) is 5.48. The van der Waals surface area contributed by atoms with Gasteiger partial charge in [0.15, 0.2) is 0 Å². The lowest BCUT2D eigenvalue weighted by atomic mass is 9.45. The third kappa shape index (κ3) is 1.87. The van der Waals surface area contributed by atoms with Gasteiger partial charge in [0.1, 0.15) is 0 Å². The van der Waals surface area contributed by atoms with E-state index in [2.05, 4.69) is 25.1 Å². The van der Waals surface area contributed by atoms with Crippen molar-refractivity contribution in [1.82, 2.24) is 0 Å². The van der Waals surface area contributed by atoms with Crippen molar-refractivity contribution in [2.75, 3.05) is 0 Å². The maximum atomic E-state index is 9.34. The van der Waals surface area contributed by atoms with Crippen LogP contribution in [0.5, 0.6) is 0 Å². The van der Waals surface area contributed by atoms with Crippen LogP contribution in [0.3, 0.4) is 0 Å². The van der Waals surface area contributed by atoms with E-state index >= 15 is 0 Å². The van der Waals surface area contributed by atoms with Crippen molar-refractivity contribution in [3.63, 3.8) is 0 Å². The lowest BCUT2D eigenvalue weighted by molar-refractivity contribution is -0.0908. The average Bonchev–Trinajstić information content (AvgIpc) is 2.91. The maximum Gasteiger partial charge on any atom is 0.0627 e. The van der Waals surface area contributed by atoms with E-state index < -0.39 is 0 Å². The summed E-state index contributed by atoms with van der Waals surface area (Å²) in [6, 6.07) is 2.55. The molecule has 0 aliphatic heterocycles. The SMILES string of the molecule is C[C@]12CC=CCC1CC[C@H]1[C@@H]3CCC[C@@]3(CC#N)CC[C@@H]12. The third-order valence-corrected chi connectivity index (χ3v) is 8.17. The lowest BCUT2D eigenvalue weighted by Gasteiger charge is -2.59. The number of allylic oxidation sites excluding steroid dienone is 2. The van der Waals surface area contributed by atoms with Gasteiger partial charge in [-0.05, 0) is 85.9 Å². The third-order valence-electron chi connectivity index (χ3n) is 8.17. The van der Waals surface area contributed by atoms with Gasteiger partial charge in [0.05, 0.1) is 6.07 Å². The normalized spacial score (nSPS) is 51.6. The fourth-order valence-electron chi connectivity index (χ4n) is 7.10. The number of nitriles is 1.